The molecule has 4 amide bonds. The Morgan fingerprint density at radius 3 is 1.01 bits per heavy atom. The van der Waals surface area contributed by atoms with Crippen LogP contribution in [0, 0.1) is 0 Å². The number of phenolic OH excluding ortho intramolecular Hbond substituents is 4. The van der Waals surface area contributed by atoms with Crippen LogP contribution in [0.25, 0.3) is 0 Å². The van der Waals surface area contributed by atoms with Gasteiger partial charge in [0, 0.05) is 151 Å². The van der Waals surface area contributed by atoms with Crippen molar-refractivity contribution in [2.24, 2.45) is 5.73 Å². The van der Waals surface area contributed by atoms with E-state index < -0.39 is 11.9 Å². The maximum Gasteiger partial charge on any atom is 0.341 e. The predicted octanol–water partition coefficient (Wildman–Crippen LogP) is 4.79. The fourth-order valence-corrected chi connectivity index (χ4v) is 10.7. The number of nitrogens with one attached hydrogen (secondary N) is 2. The third-order valence-electron chi connectivity index (χ3n) is 16.0. The van der Waals surface area contributed by atoms with Crippen molar-refractivity contribution in [3.8, 4) is 28.7 Å². The highest BCUT2D eigenvalue weighted by Crippen LogP contribution is 2.31. The Kier molecular flexibility index (Phi) is 26.9. The molecule has 6 saturated heterocycles. The number of carbonyl (C=O) groups is 5. The number of esters is 1. The van der Waals surface area contributed by atoms with Gasteiger partial charge in [0.15, 0.2) is 0 Å². The minimum atomic E-state index is -0.619. The summed E-state index contributed by atoms with van der Waals surface area (Å²) in [5.74, 6) is -1.93. The number of amides is 4. The summed E-state index contributed by atoms with van der Waals surface area (Å²) in [4.78, 5) is 70.6. The highest BCUT2D eigenvalue weighted by atomic mass is 16.5. The van der Waals surface area contributed by atoms with Gasteiger partial charge in [-0.25, -0.2) is 4.79 Å². The number of morpholine rings is 6. The average molecular weight is 1300 g/mol. The third kappa shape index (κ3) is 20.2. The summed E-state index contributed by atoms with van der Waals surface area (Å²) in [7, 11) is 2.83. The number of methoxy groups -OCH3 is 1. The summed E-state index contributed by atoms with van der Waals surface area (Å²) in [6.07, 6.45) is 0. The van der Waals surface area contributed by atoms with E-state index >= 15 is 0 Å². The van der Waals surface area contributed by atoms with Crippen LogP contribution in [0.5, 0.6) is 28.7 Å². The summed E-state index contributed by atoms with van der Waals surface area (Å²) in [5, 5.41) is 54.9. The Labute approximate surface area is 546 Å². The first-order valence-corrected chi connectivity index (χ1v) is 31.2. The van der Waals surface area contributed by atoms with Crippen molar-refractivity contribution in [2.75, 3.05) is 196 Å². The number of nitrogens with two attached hydrogens (primary N) is 1. The Morgan fingerprint density at radius 2 is 0.702 bits per heavy atom. The summed E-state index contributed by atoms with van der Waals surface area (Å²) >= 11 is 0. The summed E-state index contributed by atoms with van der Waals surface area (Å²) in [5.41, 5.74) is 11.9. The lowest BCUT2D eigenvalue weighted by atomic mass is 10.1. The van der Waals surface area contributed by atoms with Gasteiger partial charge in [0.1, 0.15) is 34.3 Å². The molecule has 0 spiro atoms. The smallest absolute Gasteiger partial charge is 0.341 e. The molecule has 504 valence electrons. The van der Waals surface area contributed by atoms with Crippen LogP contribution in [0.3, 0.4) is 0 Å². The molecule has 6 aliphatic rings. The van der Waals surface area contributed by atoms with Gasteiger partial charge >= 0.3 is 5.97 Å². The molecule has 26 heteroatoms. The highest BCUT2D eigenvalue weighted by molar-refractivity contribution is 5.99. The largest absolute Gasteiger partial charge is 0.507 e. The van der Waals surface area contributed by atoms with Gasteiger partial charge in [-0.2, -0.15) is 0 Å². The molecule has 0 aromatic heterocycles. The van der Waals surface area contributed by atoms with Crippen molar-refractivity contribution in [1.82, 2.24) is 15.5 Å². The minimum Gasteiger partial charge on any atom is -0.507 e. The number of ether oxygens (including phenoxy) is 7. The first-order valence-electron chi connectivity index (χ1n) is 31.2. The van der Waals surface area contributed by atoms with Crippen LogP contribution in [-0.4, -0.2) is 232 Å². The molecule has 9 N–H and O–H groups in total. The number of anilines is 5. The van der Waals surface area contributed by atoms with Crippen LogP contribution < -0.4 is 40.9 Å². The van der Waals surface area contributed by atoms with Crippen molar-refractivity contribution < 1.29 is 82.7 Å². The van der Waals surface area contributed by atoms with E-state index in [0.29, 0.717) is 110 Å². The lowest BCUT2D eigenvalue weighted by molar-refractivity contribution is 0.0301. The number of rotatable bonds is 12. The average Bonchev–Trinajstić information content (AvgIpc) is 1.32. The van der Waals surface area contributed by atoms with E-state index in [1.54, 1.807) is 77.7 Å². The lowest BCUT2D eigenvalue weighted by Crippen LogP contribution is -2.40. The lowest BCUT2D eigenvalue weighted by Gasteiger charge is -2.30. The number of carbonyl (C=O) groups excluding carboxylic acids is 5. The molecule has 6 aromatic carbocycles. The Bertz CT molecular complexity index is 3360. The second-order valence-corrected chi connectivity index (χ2v) is 22.0. The maximum atomic E-state index is 12.4. The van der Waals surface area contributed by atoms with Gasteiger partial charge in [-0.05, 0) is 66.2 Å². The standard InChI is InChI=1S/C18H20N2O3.C15H20N2O4.C12H16N2O3.C12H15NO4.C11H14N2O3/c21-17-12-15(20-8-10-23-11-9-20)6-7-16(17)18(22)19-13-14-4-2-1-3-5-14;18-14-11-12(16-3-7-20-8-4-16)1-2-13(14)15(19)17-5-9-21-10-6-17;1-13-12(16)10-3-2-9(8-11(10)15)14-4-6-17-7-5-14;1-16-12(15)10-3-2-9(8-11(10)14)13-4-6-17-7-5-13;12-11(15)9-2-1-8(7-10(9)14)13-3-5-16-6-4-13/h1-7,12,21H,8-11,13H2,(H,19,22);1-2,11,18H,3-10H2;2-3,8,15H,4-7H2,1H3,(H,13,16);2-3,8,14H,4-7H2,1H3;1-2,7,14H,3-6H2,(H2,12,15). The van der Waals surface area contributed by atoms with Gasteiger partial charge < -0.3 is 104 Å². The highest BCUT2D eigenvalue weighted by Gasteiger charge is 2.24. The molecule has 6 fully saturated rings. The quantitative estimate of drug-likeness (QED) is 0.0764. The summed E-state index contributed by atoms with van der Waals surface area (Å²) in [6.45, 7) is 17.5. The zero-order valence-corrected chi connectivity index (χ0v) is 53.1. The van der Waals surface area contributed by atoms with Crippen LogP contribution in [0.2, 0.25) is 0 Å². The van der Waals surface area contributed by atoms with E-state index in [1.165, 1.54) is 14.2 Å². The molecule has 6 aromatic rings. The molecular weight excluding hydrogens is 1210 g/mol. The first kappa shape index (κ1) is 70.3. The molecule has 0 aliphatic carbocycles. The van der Waals surface area contributed by atoms with Gasteiger partial charge in [0.25, 0.3) is 23.6 Å². The number of primary amides is 1. The van der Waals surface area contributed by atoms with Crippen LogP contribution in [0.1, 0.15) is 57.4 Å². The molecule has 0 radical (unpaired) electrons. The van der Waals surface area contributed by atoms with E-state index in [1.807, 2.05) is 48.5 Å². The van der Waals surface area contributed by atoms with Crippen LogP contribution in [0.15, 0.2) is 121 Å². The van der Waals surface area contributed by atoms with Crippen molar-refractivity contribution >= 4 is 58.0 Å². The maximum absolute atomic E-state index is 12.4. The van der Waals surface area contributed by atoms with E-state index in [9.17, 15) is 49.5 Å². The number of nitrogens with zero attached hydrogens (tertiary/aromatic N) is 6. The predicted molar refractivity (Wildman–Crippen MR) is 353 cm³/mol. The molecule has 94 heavy (non-hydrogen) atoms. The molecule has 6 aliphatic heterocycles. The van der Waals surface area contributed by atoms with Crippen molar-refractivity contribution in [3.63, 3.8) is 0 Å². The second kappa shape index (κ2) is 36.0. The molecule has 0 saturated carbocycles. The van der Waals surface area contributed by atoms with Gasteiger partial charge in [0.2, 0.25) is 0 Å². The van der Waals surface area contributed by atoms with Crippen molar-refractivity contribution in [2.45, 2.75) is 6.54 Å². The summed E-state index contributed by atoms with van der Waals surface area (Å²) in [6, 6.07) is 35.1. The van der Waals surface area contributed by atoms with E-state index in [2.05, 4.69) is 39.9 Å². The van der Waals surface area contributed by atoms with Crippen LogP contribution in [-0.2, 0) is 39.7 Å². The second-order valence-electron chi connectivity index (χ2n) is 22.0. The van der Waals surface area contributed by atoms with Gasteiger partial charge in [-0.15, -0.1) is 0 Å². The normalized spacial score (nSPS) is 16.4. The molecule has 0 bridgehead atoms. The third-order valence-corrected chi connectivity index (χ3v) is 16.0. The number of benzene rings is 6. The summed E-state index contributed by atoms with van der Waals surface area (Å²) < 4.78 is 36.2. The van der Waals surface area contributed by atoms with Gasteiger partial charge in [-0.1, -0.05) is 30.3 Å². The fraction of sp³-hybridized carbons (Fsp3) is 0.397. The Hall–Kier alpha value is -9.57. The van der Waals surface area contributed by atoms with Crippen LogP contribution >= 0.6 is 0 Å². The zero-order valence-electron chi connectivity index (χ0n) is 53.1. The first-order chi connectivity index (χ1) is 45.6. The molecule has 0 unspecified atom stereocenters. The monoisotopic (exact) mass is 1300 g/mol. The Balaban J connectivity index is 0.000000152. The molecule has 12 rings (SSSR count). The number of phenols is 5. The van der Waals surface area contributed by atoms with Gasteiger partial charge in [0.05, 0.1) is 109 Å². The van der Waals surface area contributed by atoms with Gasteiger partial charge in [-0.3, -0.25) is 19.2 Å². The number of hydrogen-bond acceptors (Lipinski definition) is 22. The minimum absolute atomic E-state index is 0.000413. The topological polar surface area (TPSA) is 321 Å². The van der Waals surface area contributed by atoms with Crippen molar-refractivity contribution in [3.05, 3.63) is 155 Å². The SMILES string of the molecule is CNC(=O)c1ccc(N2CCOCC2)cc1O.COC(=O)c1ccc(N2CCOCC2)cc1O.NC(=O)c1ccc(N2CCOCC2)cc1O.O=C(NCc1ccccc1)c1ccc(N2CCOCC2)cc1O.O=C(c1ccc(N2CCOCC2)cc1O)N1CCOCC1. The van der Waals surface area contributed by atoms with E-state index in [4.69, 9.17) is 34.2 Å². The fourth-order valence-electron chi connectivity index (χ4n) is 10.7. The zero-order chi connectivity index (χ0) is 66.8. The van der Waals surface area contributed by atoms with E-state index in [0.717, 1.165) is 99.4 Å². The number of hydrogen-bond donors (Lipinski definition) is 8. The molecule has 0 atom stereocenters. The Morgan fingerprint density at radius 1 is 0.404 bits per heavy atom. The molecular formula is C68H85N9O17. The number of aromatic hydroxyl groups is 5. The molecule has 6 heterocycles. The molecule has 26 nitrogen and oxygen atoms in total. The van der Waals surface area contributed by atoms with E-state index in [-0.39, 0.29) is 63.2 Å². The van der Waals surface area contributed by atoms with Crippen molar-refractivity contribution in [1.29, 1.82) is 0 Å². The van der Waals surface area contributed by atoms with Crippen LogP contribution in [0.4, 0.5) is 28.4 Å².